The Bertz CT molecular complexity index is 795. The number of amides is 3. The first kappa shape index (κ1) is 16.8. The van der Waals surface area contributed by atoms with Crippen molar-refractivity contribution in [3.05, 3.63) is 53.5 Å². The number of carbonyl (C=O) groups excluding carboxylic acids is 3. The molecule has 0 unspecified atom stereocenters. The standard InChI is InChI=1S/C18H19N3O4/c1-12-15(9-11-25-12)18(24)20-19-17(23)13-5-7-14(8-6-13)21-10-3-2-4-16(21)22/h5-9,11H,2-4,10H2,1H3,(H,19,23)(H,20,24). The van der Waals surface area contributed by atoms with Crippen molar-refractivity contribution in [1.29, 1.82) is 0 Å². The zero-order chi connectivity index (χ0) is 17.8. The maximum atomic E-state index is 12.1. The summed E-state index contributed by atoms with van der Waals surface area (Å²) in [6.07, 6.45) is 3.87. The van der Waals surface area contributed by atoms with Gasteiger partial charge in [-0.05, 0) is 50.1 Å². The SMILES string of the molecule is Cc1occc1C(=O)NNC(=O)c1ccc(N2CCCCC2=O)cc1. The molecule has 0 atom stereocenters. The molecule has 2 heterocycles. The Morgan fingerprint density at radius 2 is 1.76 bits per heavy atom. The molecular weight excluding hydrogens is 322 g/mol. The molecule has 2 aromatic rings. The van der Waals surface area contributed by atoms with Crippen LogP contribution in [0.15, 0.2) is 41.0 Å². The van der Waals surface area contributed by atoms with Crippen molar-refractivity contribution in [2.24, 2.45) is 0 Å². The van der Waals surface area contributed by atoms with Crippen LogP contribution in [0.4, 0.5) is 5.69 Å². The summed E-state index contributed by atoms with van der Waals surface area (Å²) in [6.45, 7) is 2.36. The van der Waals surface area contributed by atoms with Crippen LogP contribution in [0.5, 0.6) is 0 Å². The number of aryl methyl sites for hydroxylation is 1. The third-order valence-electron chi connectivity index (χ3n) is 4.16. The van der Waals surface area contributed by atoms with E-state index in [1.165, 1.54) is 12.3 Å². The van der Waals surface area contributed by atoms with Crippen LogP contribution >= 0.6 is 0 Å². The molecule has 1 aromatic heterocycles. The molecule has 1 aliphatic rings. The fourth-order valence-corrected chi connectivity index (χ4v) is 2.75. The zero-order valence-corrected chi connectivity index (χ0v) is 13.9. The number of benzene rings is 1. The lowest BCUT2D eigenvalue weighted by molar-refractivity contribution is -0.119. The fourth-order valence-electron chi connectivity index (χ4n) is 2.75. The Balaban J connectivity index is 1.60. The van der Waals surface area contributed by atoms with Gasteiger partial charge in [0.15, 0.2) is 0 Å². The predicted octanol–water partition coefficient (Wildman–Crippen LogP) is 2.18. The number of nitrogens with zero attached hydrogens (tertiary/aromatic N) is 1. The number of furan rings is 1. The van der Waals surface area contributed by atoms with Crippen LogP contribution in [0, 0.1) is 6.92 Å². The molecule has 1 saturated heterocycles. The normalized spacial score (nSPS) is 14.3. The van der Waals surface area contributed by atoms with E-state index < -0.39 is 11.8 Å². The van der Waals surface area contributed by atoms with E-state index in [9.17, 15) is 14.4 Å². The molecule has 1 fully saturated rings. The molecule has 0 aliphatic carbocycles. The quantitative estimate of drug-likeness (QED) is 0.837. The number of anilines is 1. The Morgan fingerprint density at radius 1 is 1.04 bits per heavy atom. The van der Waals surface area contributed by atoms with E-state index >= 15 is 0 Å². The van der Waals surface area contributed by atoms with Crippen molar-refractivity contribution in [2.75, 3.05) is 11.4 Å². The van der Waals surface area contributed by atoms with E-state index in [2.05, 4.69) is 10.9 Å². The van der Waals surface area contributed by atoms with E-state index in [1.54, 1.807) is 36.1 Å². The lowest BCUT2D eigenvalue weighted by atomic mass is 10.1. The van der Waals surface area contributed by atoms with Crippen LogP contribution in [-0.4, -0.2) is 24.3 Å². The first-order valence-corrected chi connectivity index (χ1v) is 8.11. The zero-order valence-electron chi connectivity index (χ0n) is 13.9. The van der Waals surface area contributed by atoms with Crippen LogP contribution in [0.1, 0.15) is 45.7 Å². The minimum atomic E-state index is -0.449. The first-order chi connectivity index (χ1) is 12.1. The molecule has 3 amide bonds. The van der Waals surface area contributed by atoms with Gasteiger partial charge >= 0.3 is 0 Å². The number of hydrogen-bond donors (Lipinski definition) is 2. The van der Waals surface area contributed by atoms with E-state index in [1.807, 2.05) is 0 Å². The highest BCUT2D eigenvalue weighted by molar-refractivity contribution is 6.00. The summed E-state index contributed by atoms with van der Waals surface area (Å²) in [7, 11) is 0. The molecule has 0 bridgehead atoms. The Hall–Kier alpha value is -3.09. The van der Waals surface area contributed by atoms with Gasteiger partial charge in [0.05, 0.1) is 11.8 Å². The second-order valence-electron chi connectivity index (χ2n) is 5.85. The minimum absolute atomic E-state index is 0.103. The van der Waals surface area contributed by atoms with Crippen molar-refractivity contribution >= 4 is 23.4 Å². The molecule has 1 aromatic carbocycles. The monoisotopic (exact) mass is 341 g/mol. The van der Waals surface area contributed by atoms with Crippen LogP contribution in [-0.2, 0) is 4.79 Å². The lowest BCUT2D eigenvalue weighted by Crippen LogP contribution is -2.41. The molecule has 0 radical (unpaired) electrons. The highest BCUT2D eigenvalue weighted by Crippen LogP contribution is 2.21. The Kier molecular flexibility index (Phi) is 4.83. The molecule has 7 heteroatoms. The Labute approximate surface area is 145 Å². The molecule has 0 spiro atoms. The van der Waals surface area contributed by atoms with Crippen molar-refractivity contribution in [1.82, 2.24) is 10.9 Å². The number of rotatable bonds is 3. The predicted molar refractivity (Wildman–Crippen MR) is 91.0 cm³/mol. The number of hydrogen-bond acceptors (Lipinski definition) is 4. The smallest absolute Gasteiger partial charge is 0.273 e. The van der Waals surface area contributed by atoms with Gasteiger partial charge in [0.25, 0.3) is 11.8 Å². The van der Waals surface area contributed by atoms with Crippen molar-refractivity contribution in [2.45, 2.75) is 26.2 Å². The van der Waals surface area contributed by atoms with E-state index in [0.717, 1.165) is 18.5 Å². The molecule has 7 nitrogen and oxygen atoms in total. The highest BCUT2D eigenvalue weighted by atomic mass is 16.3. The molecule has 130 valence electrons. The largest absolute Gasteiger partial charge is 0.469 e. The van der Waals surface area contributed by atoms with Crippen molar-refractivity contribution in [3.63, 3.8) is 0 Å². The summed E-state index contributed by atoms with van der Waals surface area (Å²) < 4.78 is 5.05. The topological polar surface area (TPSA) is 91.7 Å². The molecule has 0 saturated carbocycles. The van der Waals surface area contributed by atoms with Gasteiger partial charge in [-0.3, -0.25) is 25.2 Å². The van der Waals surface area contributed by atoms with Crippen LogP contribution < -0.4 is 15.8 Å². The summed E-state index contributed by atoms with van der Waals surface area (Å²) in [5.41, 5.74) is 6.23. The highest BCUT2D eigenvalue weighted by Gasteiger charge is 2.20. The third-order valence-corrected chi connectivity index (χ3v) is 4.16. The maximum Gasteiger partial charge on any atom is 0.273 e. The van der Waals surface area contributed by atoms with Gasteiger partial charge in [-0.2, -0.15) is 0 Å². The molecule has 3 rings (SSSR count). The maximum absolute atomic E-state index is 12.1. The number of hydrazine groups is 1. The first-order valence-electron chi connectivity index (χ1n) is 8.11. The number of carbonyl (C=O) groups is 3. The van der Waals surface area contributed by atoms with Gasteiger partial charge in [-0.15, -0.1) is 0 Å². The summed E-state index contributed by atoms with van der Waals surface area (Å²) in [6, 6.07) is 8.26. The van der Waals surface area contributed by atoms with Gasteiger partial charge in [0.1, 0.15) is 5.76 Å². The fraction of sp³-hybridized carbons (Fsp3) is 0.278. The third kappa shape index (κ3) is 3.71. The van der Waals surface area contributed by atoms with Crippen molar-refractivity contribution in [3.8, 4) is 0 Å². The van der Waals surface area contributed by atoms with Gasteiger partial charge in [-0.1, -0.05) is 0 Å². The average molecular weight is 341 g/mol. The molecule has 25 heavy (non-hydrogen) atoms. The van der Waals surface area contributed by atoms with E-state index in [0.29, 0.717) is 29.9 Å². The van der Waals surface area contributed by atoms with Gasteiger partial charge < -0.3 is 9.32 Å². The van der Waals surface area contributed by atoms with Crippen LogP contribution in [0.3, 0.4) is 0 Å². The van der Waals surface area contributed by atoms with Crippen LogP contribution in [0.2, 0.25) is 0 Å². The minimum Gasteiger partial charge on any atom is -0.469 e. The molecule has 2 N–H and O–H groups in total. The van der Waals surface area contributed by atoms with E-state index in [4.69, 9.17) is 4.42 Å². The molecule has 1 aliphatic heterocycles. The van der Waals surface area contributed by atoms with Gasteiger partial charge in [-0.25, -0.2) is 0 Å². The summed E-state index contributed by atoms with van der Waals surface area (Å²) in [5.74, 6) is -0.311. The summed E-state index contributed by atoms with van der Waals surface area (Å²) in [4.78, 5) is 37.7. The van der Waals surface area contributed by atoms with Crippen LogP contribution in [0.25, 0.3) is 0 Å². The lowest BCUT2D eigenvalue weighted by Gasteiger charge is -2.26. The summed E-state index contributed by atoms with van der Waals surface area (Å²) >= 11 is 0. The van der Waals surface area contributed by atoms with Crippen molar-refractivity contribution < 1.29 is 18.8 Å². The summed E-state index contributed by atoms with van der Waals surface area (Å²) in [5, 5.41) is 0. The van der Waals surface area contributed by atoms with Gasteiger partial charge in [0, 0.05) is 24.2 Å². The molecular formula is C18H19N3O4. The Morgan fingerprint density at radius 3 is 2.40 bits per heavy atom. The average Bonchev–Trinajstić information content (AvgIpc) is 3.06. The second kappa shape index (κ2) is 7.21. The number of nitrogens with one attached hydrogen (secondary N) is 2. The van der Waals surface area contributed by atoms with E-state index in [-0.39, 0.29) is 5.91 Å². The number of piperidine rings is 1. The second-order valence-corrected chi connectivity index (χ2v) is 5.85. The van der Waals surface area contributed by atoms with Gasteiger partial charge in [0.2, 0.25) is 5.91 Å².